The van der Waals surface area contributed by atoms with Crippen molar-refractivity contribution in [2.75, 3.05) is 44.9 Å². The standard InChI is InChI=1S/C21H32N4O3/c1-27-21-18(20(26)22-14-15-8-12-28-13-9-15)23-17(16-6-2-3-7-16)19(24-21)25-10-4-5-11-25/h15-16H,2-14H2,1H3,(H,22,26). The van der Waals surface area contributed by atoms with Crippen LogP contribution in [0.1, 0.15) is 73.5 Å². The fourth-order valence-corrected chi connectivity index (χ4v) is 4.62. The first-order valence-corrected chi connectivity index (χ1v) is 10.8. The maximum absolute atomic E-state index is 12.9. The summed E-state index contributed by atoms with van der Waals surface area (Å²) in [6.45, 7) is 4.22. The number of carbonyl (C=O) groups excluding carboxylic acids is 1. The lowest BCUT2D eigenvalue weighted by Crippen LogP contribution is -2.33. The summed E-state index contributed by atoms with van der Waals surface area (Å²) >= 11 is 0. The van der Waals surface area contributed by atoms with E-state index in [1.165, 1.54) is 25.7 Å². The molecule has 3 heterocycles. The summed E-state index contributed by atoms with van der Waals surface area (Å²) < 4.78 is 10.9. The van der Waals surface area contributed by atoms with E-state index >= 15 is 0 Å². The lowest BCUT2D eigenvalue weighted by atomic mass is 10.0. The van der Waals surface area contributed by atoms with Gasteiger partial charge in [-0.3, -0.25) is 4.79 Å². The minimum Gasteiger partial charge on any atom is -0.479 e. The molecule has 28 heavy (non-hydrogen) atoms. The summed E-state index contributed by atoms with van der Waals surface area (Å²) in [6.07, 6.45) is 9.06. The monoisotopic (exact) mass is 388 g/mol. The van der Waals surface area contributed by atoms with Crippen LogP contribution in [0.4, 0.5) is 5.82 Å². The highest BCUT2D eigenvalue weighted by atomic mass is 16.5. The van der Waals surface area contributed by atoms with Crippen LogP contribution in [0.15, 0.2) is 0 Å². The average molecular weight is 389 g/mol. The predicted octanol–water partition coefficient (Wildman–Crippen LogP) is 2.90. The van der Waals surface area contributed by atoms with Gasteiger partial charge in [0.15, 0.2) is 11.5 Å². The lowest BCUT2D eigenvalue weighted by Gasteiger charge is -2.24. The van der Waals surface area contributed by atoms with Gasteiger partial charge in [-0.15, -0.1) is 0 Å². The SMILES string of the molecule is COc1nc(N2CCCC2)c(C2CCCC2)nc1C(=O)NCC1CCOCC1. The molecule has 0 atom stereocenters. The molecular weight excluding hydrogens is 356 g/mol. The van der Waals surface area contributed by atoms with Gasteiger partial charge in [0.05, 0.1) is 12.8 Å². The Hall–Kier alpha value is -1.89. The number of carbonyl (C=O) groups is 1. The van der Waals surface area contributed by atoms with Crippen LogP contribution in [0, 0.1) is 5.92 Å². The third kappa shape index (κ3) is 4.24. The van der Waals surface area contributed by atoms with Gasteiger partial charge in [-0.25, -0.2) is 4.98 Å². The van der Waals surface area contributed by atoms with E-state index in [1.807, 2.05) is 0 Å². The minimum absolute atomic E-state index is 0.178. The summed E-state index contributed by atoms with van der Waals surface area (Å²) in [5.41, 5.74) is 1.33. The van der Waals surface area contributed by atoms with E-state index in [4.69, 9.17) is 19.4 Å². The van der Waals surface area contributed by atoms with Crippen molar-refractivity contribution in [3.8, 4) is 5.88 Å². The number of hydrogen-bond acceptors (Lipinski definition) is 6. The van der Waals surface area contributed by atoms with Gasteiger partial charge in [-0.05, 0) is 44.4 Å². The fraction of sp³-hybridized carbons (Fsp3) is 0.762. The van der Waals surface area contributed by atoms with Crippen LogP contribution in [-0.4, -0.2) is 55.8 Å². The second-order valence-electron chi connectivity index (χ2n) is 8.23. The molecule has 1 saturated carbocycles. The number of rotatable bonds is 6. The van der Waals surface area contributed by atoms with Crippen LogP contribution in [-0.2, 0) is 4.74 Å². The topological polar surface area (TPSA) is 76.6 Å². The second-order valence-corrected chi connectivity index (χ2v) is 8.23. The van der Waals surface area contributed by atoms with Gasteiger partial charge in [0.2, 0.25) is 5.88 Å². The zero-order valence-electron chi connectivity index (χ0n) is 16.9. The maximum atomic E-state index is 12.9. The van der Waals surface area contributed by atoms with Crippen LogP contribution in [0.3, 0.4) is 0 Å². The molecular formula is C21H32N4O3. The van der Waals surface area contributed by atoms with Crippen LogP contribution < -0.4 is 15.0 Å². The summed E-state index contributed by atoms with van der Waals surface area (Å²) in [5, 5.41) is 3.06. The van der Waals surface area contributed by atoms with Gasteiger partial charge >= 0.3 is 0 Å². The molecule has 0 bridgehead atoms. The Labute approximate surface area is 167 Å². The summed E-state index contributed by atoms with van der Waals surface area (Å²) in [5.74, 6) is 1.96. The molecule has 2 aliphatic heterocycles. The van der Waals surface area contributed by atoms with Gasteiger partial charge in [0.1, 0.15) is 0 Å². The predicted molar refractivity (Wildman–Crippen MR) is 107 cm³/mol. The van der Waals surface area contributed by atoms with Gasteiger partial charge in [-0.1, -0.05) is 12.8 Å². The molecule has 7 nitrogen and oxygen atoms in total. The molecule has 1 aliphatic carbocycles. The Bertz CT molecular complexity index is 678. The zero-order chi connectivity index (χ0) is 19.3. The molecule has 0 unspecified atom stereocenters. The van der Waals surface area contributed by atoms with Gasteiger partial charge in [-0.2, -0.15) is 4.98 Å². The second kappa shape index (κ2) is 9.07. The molecule has 3 fully saturated rings. The van der Waals surface area contributed by atoms with Gasteiger partial charge in [0, 0.05) is 38.8 Å². The minimum atomic E-state index is -0.178. The Morgan fingerprint density at radius 1 is 1.11 bits per heavy atom. The summed E-state index contributed by atoms with van der Waals surface area (Å²) in [6, 6.07) is 0. The highest BCUT2D eigenvalue weighted by Crippen LogP contribution is 2.39. The number of hydrogen-bond donors (Lipinski definition) is 1. The number of aromatic nitrogens is 2. The largest absolute Gasteiger partial charge is 0.479 e. The lowest BCUT2D eigenvalue weighted by molar-refractivity contribution is 0.0641. The van der Waals surface area contributed by atoms with E-state index in [9.17, 15) is 4.79 Å². The number of anilines is 1. The van der Waals surface area contributed by atoms with Crippen molar-refractivity contribution in [2.45, 2.75) is 57.3 Å². The molecule has 0 aromatic carbocycles. The Morgan fingerprint density at radius 2 is 1.82 bits per heavy atom. The van der Waals surface area contributed by atoms with E-state index in [-0.39, 0.29) is 5.91 Å². The zero-order valence-corrected chi connectivity index (χ0v) is 16.9. The normalized spacial score (nSPS) is 21.2. The molecule has 2 saturated heterocycles. The fourth-order valence-electron chi connectivity index (χ4n) is 4.62. The first-order valence-electron chi connectivity index (χ1n) is 10.8. The maximum Gasteiger partial charge on any atom is 0.275 e. The van der Waals surface area contributed by atoms with E-state index in [2.05, 4.69) is 10.2 Å². The van der Waals surface area contributed by atoms with Crippen molar-refractivity contribution in [1.29, 1.82) is 0 Å². The molecule has 7 heteroatoms. The molecule has 1 N–H and O–H groups in total. The Kier molecular flexibility index (Phi) is 6.29. The van der Waals surface area contributed by atoms with E-state index in [0.717, 1.165) is 63.5 Å². The smallest absolute Gasteiger partial charge is 0.275 e. The third-order valence-electron chi connectivity index (χ3n) is 6.32. The van der Waals surface area contributed by atoms with E-state index in [1.54, 1.807) is 7.11 Å². The number of methoxy groups -OCH3 is 1. The first-order chi connectivity index (χ1) is 13.8. The van der Waals surface area contributed by atoms with Gasteiger partial charge in [0.25, 0.3) is 5.91 Å². The molecule has 154 valence electrons. The van der Waals surface area contributed by atoms with Crippen molar-refractivity contribution in [3.63, 3.8) is 0 Å². The highest BCUT2D eigenvalue weighted by Gasteiger charge is 2.30. The average Bonchev–Trinajstić information content (AvgIpc) is 3.46. The third-order valence-corrected chi connectivity index (χ3v) is 6.32. The van der Waals surface area contributed by atoms with Crippen LogP contribution in [0.5, 0.6) is 5.88 Å². The summed E-state index contributed by atoms with van der Waals surface area (Å²) in [7, 11) is 1.57. The highest BCUT2D eigenvalue weighted by molar-refractivity contribution is 5.94. The number of amides is 1. The van der Waals surface area contributed by atoms with E-state index < -0.39 is 0 Å². The number of nitrogens with one attached hydrogen (secondary N) is 1. The van der Waals surface area contributed by atoms with Crippen LogP contribution in [0.25, 0.3) is 0 Å². The van der Waals surface area contributed by atoms with Gasteiger partial charge < -0.3 is 19.7 Å². The molecule has 4 rings (SSSR count). The molecule has 0 radical (unpaired) electrons. The van der Waals surface area contributed by atoms with Crippen molar-refractivity contribution in [1.82, 2.24) is 15.3 Å². The molecule has 3 aliphatic rings. The molecule has 1 aromatic heterocycles. The van der Waals surface area contributed by atoms with E-state index in [0.29, 0.717) is 30.0 Å². The first kappa shape index (κ1) is 19.4. The number of ether oxygens (including phenoxy) is 2. The molecule has 1 amide bonds. The number of nitrogens with zero attached hydrogens (tertiary/aromatic N) is 3. The Balaban J connectivity index is 1.58. The summed E-state index contributed by atoms with van der Waals surface area (Å²) in [4.78, 5) is 24.9. The molecule has 1 aromatic rings. The Morgan fingerprint density at radius 3 is 2.50 bits per heavy atom. The van der Waals surface area contributed by atoms with Crippen LogP contribution in [0.2, 0.25) is 0 Å². The molecule has 0 spiro atoms. The van der Waals surface area contributed by atoms with Crippen LogP contribution >= 0.6 is 0 Å². The van der Waals surface area contributed by atoms with Crippen molar-refractivity contribution in [2.24, 2.45) is 5.92 Å². The quantitative estimate of drug-likeness (QED) is 0.807. The van der Waals surface area contributed by atoms with Crippen molar-refractivity contribution in [3.05, 3.63) is 11.4 Å². The van der Waals surface area contributed by atoms with Crippen molar-refractivity contribution >= 4 is 11.7 Å². The van der Waals surface area contributed by atoms with Crippen molar-refractivity contribution < 1.29 is 14.3 Å².